The monoisotopic (exact) mass is 396 g/mol. The normalized spacial score (nSPS) is 17.3. The van der Waals surface area contributed by atoms with Gasteiger partial charge in [-0.25, -0.2) is 0 Å². The molecule has 0 unspecified atom stereocenters. The van der Waals surface area contributed by atoms with Crippen LogP contribution in [-0.4, -0.2) is 37.6 Å². The molecule has 1 heterocycles. The van der Waals surface area contributed by atoms with Crippen molar-refractivity contribution in [3.05, 3.63) is 58.7 Å². The second kappa shape index (κ2) is 9.31. The Kier molecular flexibility index (Phi) is 6.80. The number of nitrogens with one attached hydrogen (secondary N) is 1. The molecule has 2 atom stereocenters. The molecule has 0 aromatic heterocycles. The van der Waals surface area contributed by atoms with Crippen molar-refractivity contribution in [3.63, 3.8) is 0 Å². The van der Waals surface area contributed by atoms with Crippen molar-refractivity contribution in [1.82, 2.24) is 10.2 Å². The zero-order valence-corrected chi connectivity index (χ0v) is 18.1. The summed E-state index contributed by atoms with van der Waals surface area (Å²) in [5.74, 6) is 1.55. The second-order valence-electron chi connectivity index (χ2n) is 7.71. The maximum Gasteiger partial charge on any atom is 0.219 e. The minimum Gasteiger partial charge on any atom is -0.493 e. The molecule has 1 amide bonds. The number of benzene rings is 2. The Morgan fingerprint density at radius 3 is 2.55 bits per heavy atom. The summed E-state index contributed by atoms with van der Waals surface area (Å²) in [6.07, 6.45) is 1.42. The highest BCUT2D eigenvalue weighted by Gasteiger charge is 2.33. The van der Waals surface area contributed by atoms with Crippen molar-refractivity contribution in [2.75, 3.05) is 20.8 Å². The molecule has 0 aliphatic carbocycles. The van der Waals surface area contributed by atoms with Crippen LogP contribution in [0.15, 0.2) is 36.4 Å². The Morgan fingerprint density at radius 2 is 1.90 bits per heavy atom. The third-order valence-electron chi connectivity index (χ3n) is 5.84. The maximum atomic E-state index is 12.1. The molecule has 0 saturated carbocycles. The van der Waals surface area contributed by atoms with Gasteiger partial charge in [0.25, 0.3) is 0 Å². The fraction of sp³-hybridized carbons (Fsp3) is 0.458. The number of nitrogens with zero attached hydrogens (tertiary/aromatic N) is 1. The van der Waals surface area contributed by atoms with Gasteiger partial charge in [-0.05, 0) is 54.7 Å². The maximum absolute atomic E-state index is 12.1. The van der Waals surface area contributed by atoms with E-state index in [2.05, 4.69) is 60.5 Å². The van der Waals surface area contributed by atoms with Gasteiger partial charge in [-0.1, -0.05) is 31.2 Å². The van der Waals surface area contributed by atoms with E-state index >= 15 is 0 Å². The van der Waals surface area contributed by atoms with Crippen molar-refractivity contribution in [2.24, 2.45) is 0 Å². The number of hydrogen-bond donors (Lipinski definition) is 1. The molecule has 3 rings (SSSR count). The van der Waals surface area contributed by atoms with Crippen molar-refractivity contribution in [3.8, 4) is 11.5 Å². The molecule has 0 radical (unpaired) electrons. The van der Waals surface area contributed by atoms with E-state index in [1.807, 2.05) is 6.92 Å². The predicted octanol–water partition coefficient (Wildman–Crippen LogP) is 4.03. The predicted molar refractivity (Wildman–Crippen MR) is 115 cm³/mol. The molecule has 156 valence electrons. The van der Waals surface area contributed by atoms with Crippen LogP contribution in [0.5, 0.6) is 11.5 Å². The van der Waals surface area contributed by atoms with Crippen molar-refractivity contribution in [2.45, 2.75) is 52.2 Å². The molecule has 2 aromatic carbocycles. The Labute approximate surface area is 174 Å². The van der Waals surface area contributed by atoms with Gasteiger partial charge in [0.1, 0.15) is 0 Å². The second-order valence-corrected chi connectivity index (χ2v) is 7.71. The Bertz CT molecular complexity index is 865. The van der Waals surface area contributed by atoms with Gasteiger partial charge in [0, 0.05) is 25.6 Å². The quantitative estimate of drug-likeness (QED) is 0.768. The third-order valence-corrected chi connectivity index (χ3v) is 5.84. The molecule has 5 nitrogen and oxygen atoms in total. The summed E-state index contributed by atoms with van der Waals surface area (Å²) in [5, 5.41) is 3.18. The van der Waals surface area contributed by atoms with Gasteiger partial charge in [0.2, 0.25) is 5.91 Å². The highest BCUT2D eigenvalue weighted by Crippen LogP contribution is 2.40. The fourth-order valence-electron chi connectivity index (χ4n) is 4.23. The highest BCUT2D eigenvalue weighted by molar-refractivity contribution is 5.76. The molecule has 0 spiro atoms. The molecule has 1 aliphatic rings. The van der Waals surface area contributed by atoms with Gasteiger partial charge < -0.3 is 14.8 Å². The van der Waals surface area contributed by atoms with Crippen molar-refractivity contribution >= 4 is 5.91 Å². The lowest BCUT2D eigenvalue weighted by atomic mass is 9.87. The summed E-state index contributed by atoms with van der Waals surface area (Å²) >= 11 is 0. The standard InChI is InChI=1S/C24H32N2O3/c1-6-23(27)25-17(3)24-20-14-22(29-5)21(28-4)13-18(20)11-12-26(24)15-19-10-8-7-9-16(19)2/h7-10,13-14,17,24H,6,11-12,15H2,1-5H3,(H,25,27)/t17-,24-/m0/s1. The zero-order chi connectivity index (χ0) is 21.0. The van der Waals surface area contributed by atoms with E-state index in [-0.39, 0.29) is 18.0 Å². The van der Waals surface area contributed by atoms with Gasteiger partial charge in [-0.3, -0.25) is 9.69 Å². The first-order valence-electron chi connectivity index (χ1n) is 10.3. The minimum atomic E-state index is -0.0244. The number of fused-ring (bicyclic) bond motifs is 1. The Balaban J connectivity index is 2.01. The first-order chi connectivity index (χ1) is 14.0. The summed E-state index contributed by atoms with van der Waals surface area (Å²) < 4.78 is 11.1. The van der Waals surface area contributed by atoms with Crippen molar-refractivity contribution < 1.29 is 14.3 Å². The number of methoxy groups -OCH3 is 2. The molecule has 0 fully saturated rings. The van der Waals surface area contributed by atoms with Gasteiger partial charge in [0.05, 0.1) is 20.3 Å². The van der Waals surface area contributed by atoms with E-state index in [9.17, 15) is 4.79 Å². The largest absolute Gasteiger partial charge is 0.493 e. The van der Waals surface area contributed by atoms with Crippen LogP contribution >= 0.6 is 0 Å². The zero-order valence-electron chi connectivity index (χ0n) is 18.1. The van der Waals surface area contributed by atoms with Gasteiger partial charge in [0.15, 0.2) is 11.5 Å². The SMILES string of the molecule is CCC(=O)N[C@@H](C)[C@H]1c2cc(OC)c(OC)cc2CCN1Cc1ccccc1C. The highest BCUT2D eigenvalue weighted by atomic mass is 16.5. The number of carbonyl (C=O) groups is 1. The lowest BCUT2D eigenvalue weighted by Gasteiger charge is -2.41. The molecular weight excluding hydrogens is 364 g/mol. The molecular formula is C24H32N2O3. The van der Waals surface area contributed by atoms with Crippen LogP contribution in [0, 0.1) is 6.92 Å². The lowest BCUT2D eigenvalue weighted by Crippen LogP contribution is -2.47. The van der Waals surface area contributed by atoms with E-state index in [1.54, 1.807) is 14.2 Å². The summed E-state index contributed by atoms with van der Waals surface area (Å²) in [6.45, 7) is 7.90. The fourth-order valence-corrected chi connectivity index (χ4v) is 4.23. The minimum absolute atomic E-state index is 0.0244. The van der Waals surface area contributed by atoms with Crippen LogP contribution in [0.1, 0.15) is 48.6 Å². The summed E-state index contributed by atoms with van der Waals surface area (Å²) in [7, 11) is 3.33. The summed E-state index contributed by atoms with van der Waals surface area (Å²) in [4.78, 5) is 14.6. The van der Waals surface area contributed by atoms with Crippen LogP contribution in [-0.2, 0) is 17.8 Å². The van der Waals surface area contributed by atoms with Gasteiger partial charge in [-0.15, -0.1) is 0 Å². The van der Waals surface area contributed by atoms with Gasteiger partial charge >= 0.3 is 0 Å². The number of hydrogen-bond acceptors (Lipinski definition) is 4. The Hall–Kier alpha value is -2.53. The first kappa shape index (κ1) is 21.2. The first-order valence-corrected chi connectivity index (χ1v) is 10.3. The molecule has 1 N–H and O–H groups in total. The molecule has 0 saturated heterocycles. The number of aryl methyl sites for hydroxylation is 1. The van der Waals surface area contributed by atoms with Crippen LogP contribution in [0.25, 0.3) is 0 Å². The lowest BCUT2D eigenvalue weighted by molar-refractivity contribution is -0.121. The summed E-state index contributed by atoms with van der Waals surface area (Å²) in [5.41, 5.74) is 5.06. The molecule has 2 aromatic rings. The Morgan fingerprint density at radius 1 is 1.21 bits per heavy atom. The molecule has 1 aliphatic heterocycles. The van der Waals surface area contributed by atoms with E-state index in [1.165, 1.54) is 22.3 Å². The summed E-state index contributed by atoms with van der Waals surface area (Å²) in [6, 6.07) is 12.7. The van der Waals surface area contributed by atoms with E-state index in [0.29, 0.717) is 6.42 Å². The number of ether oxygens (including phenoxy) is 2. The van der Waals surface area contributed by atoms with Crippen LogP contribution in [0.3, 0.4) is 0 Å². The third kappa shape index (κ3) is 4.56. The molecule has 0 bridgehead atoms. The number of carbonyl (C=O) groups excluding carboxylic acids is 1. The van der Waals surface area contributed by atoms with Gasteiger partial charge in [-0.2, -0.15) is 0 Å². The molecule has 29 heavy (non-hydrogen) atoms. The average Bonchev–Trinajstić information content (AvgIpc) is 2.73. The van der Waals surface area contributed by atoms with Crippen LogP contribution in [0.2, 0.25) is 0 Å². The molecule has 5 heteroatoms. The van der Waals surface area contributed by atoms with Crippen LogP contribution < -0.4 is 14.8 Å². The van der Waals surface area contributed by atoms with E-state index in [4.69, 9.17) is 9.47 Å². The van der Waals surface area contributed by atoms with Crippen molar-refractivity contribution in [1.29, 1.82) is 0 Å². The topological polar surface area (TPSA) is 50.8 Å². The smallest absolute Gasteiger partial charge is 0.219 e. The number of amides is 1. The number of rotatable bonds is 7. The van der Waals surface area contributed by atoms with Crippen LogP contribution in [0.4, 0.5) is 0 Å². The van der Waals surface area contributed by atoms with E-state index < -0.39 is 0 Å². The van der Waals surface area contributed by atoms with E-state index in [0.717, 1.165) is 31.0 Å². The average molecular weight is 397 g/mol.